The van der Waals surface area contributed by atoms with Gasteiger partial charge in [0.15, 0.2) is 6.10 Å². The minimum Gasteiger partial charge on any atom is -0.495 e. The molecule has 0 radical (unpaired) electrons. The Bertz CT molecular complexity index is 876. The van der Waals surface area contributed by atoms with Crippen molar-refractivity contribution in [2.45, 2.75) is 33.4 Å². The number of aromatic nitrogens is 2. The van der Waals surface area contributed by atoms with Gasteiger partial charge in [-0.3, -0.25) is 24.4 Å². The molecule has 0 aliphatic heterocycles. The maximum Gasteiger partial charge on any atom is 0.328 e. The molecule has 1 amide bonds. The Morgan fingerprint density at radius 2 is 2.00 bits per heavy atom. The summed E-state index contributed by atoms with van der Waals surface area (Å²) in [6, 6.07) is 6.82. The lowest BCUT2D eigenvalue weighted by molar-refractivity contribution is -0.386. The lowest BCUT2D eigenvalue weighted by Crippen LogP contribution is -2.31. The molecule has 0 fully saturated rings. The fourth-order valence-electron chi connectivity index (χ4n) is 2.50. The topological polar surface area (TPSA) is 126 Å². The van der Waals surface area contributed by atoms with Gasteiger partial charge in [-0.15, -0.1) is 0 Å². The van der Waals surface area contributed by atoms with Gasteiger partial charge in [0.1, 0.15) is 23.7 Å². The number of nitrogens with one attached hydrogen (secondary N) is 1. The minimum atomic E-state index is -1.07. The van der Waals surface area contributed by atoms with E-state index in [9.17, 15) is 19.7 Å². The minimum absolute atomic E-state index is 0.148. The largest absolute Gasteiger partial charge is 0.495 e. The molecular weight excluding hydrogens is 356 g/mol. The molecule has 27 heavy (non-hydrogen) atoms. The summed E-state index contributed by atoms with van der Waals surface area (Å²) in [7, 11) is 1.47. The van der Waals surface area contributed by atoms with Gasteiger partial charge < -0.3 is 14.8 Å². The number of anilines is 1. The Morgan fingerprint density at radius 1 is 1.33 bits per heavy atom. The number of para-hydroxylation sites is 2. The van der Waals surface area contributed by atoms with Crippen LogP contribution >= 0.6 is 0 Å². The number of rotatable bonds is 7. The predicted molar refractivity (Wildman–Crippen MR) is 95.5 cm³/mol. The van der Waals surface area contributed by atoms with Crippen LogP contribution in [0.2, 0.25) is 0 Å². The van der Waals surface area contributed by atoms with E-state index in [1.807, 2.05) is 0 Å². The van der Waals surface area contributed by atoms with Crippen LogP contribution in [-0.4, -0.2) is 39.8 Å². The van der Waals surface area contributed by atoms with E-state index in [1.54, 1.807) is 24.3 Å². The average Bonchev–Trinajstić information content (AvgIpc) is 2.88. The van der Waals surface area contributed by atoms with Crippen LogP contribution in [-0.2, 0) is 20.9 Å². The molecule has 1 N–H and O–H groups in total. The number of benzene rings is 1. The van der Waals surface area contributed by atoms with Gasteiger partial charge in [0.25, 0.3) is 5.91 Å². The first-order chi connectivity index (χ1) is 12.7. The summed E-state index contributed by atoms with van der Waals surface area (Å²) in [6.45, 7) is 4.05. The number of methoxy groups -OCH3 is 1. The number of hydrogen-bond acceptors (Lipinski definition) is 7. The van der Waals surface area contributed by atoms with Gasteiger partial charge in [-0.25, -0.2) is 0 Å². The Labute approximate surface area is 155 Å². The van der Waals surface area contributed by atoms with E-state index >= 15 is 0 Å². The van der Waals surface area contributed by atoms with Crippen molar-refractivity contribution in [3.63, 3.8) is 0 Å². The fraction of sp³-hybridized carbons (Fsp3) is 0.353. The zero-order valence-electron chi connectivity index (χ0n) is 15.4. The van der Waals surface area contributed by atoms with Crippen molar-refractivity contribution < 1.29 is 24.0 Å². The summed E-state index contributed by atoms with van der Waals surface area (Å²) in [6.07, 6.45) is -1.07. The molecular formula is C17H20N4O6. The summed E-state index contributed by atoms with van der Waals surface area (Å²) in [4.78, 5) is 34.8. The van der Waals surface area contributed by atoms with Crippen LogP contribution in [0, 0.1) is 24.0 Å². The number of aryl methyl sites for hydroxylation is 1. The summed E-state index contributed by atoms with van der Waals surface area (Å²) in [5.41, 5.74) is 0.736. The third-order valence-electron chi connectivity index (χ3n) is 3.85. The molecule has 2 rings (SSSR count). The van der Waals surface area contributed by atoms with E-state index < -0.39 is 22.9 Å². The lowest BCUT2D eigenvalue weighted by atomic mass is 10.2. The second kappa shape index (κ2) is 8.30. The van der Waals surface area contributed by atoms with Crippen molar-refractivity contribution in [3.8, 4) is 5.75 Å². The molecule has 0 unspecified atom stereocenters. The molecule has 0 bridgehead atoms. The number of hydrogen-bond donors (Lipinski definition) is 1. The highest BCUT2D eigenvalue weighted by Gasteiger charge is 2.25. The standard InChI is InChI=1S/C17H20N4O6/c1-10-16(21(24)25)11(2)20(19-10)9-15(22)27-12(3)17(23)18-13-7-5-6-8-14(13)26-4/h5-8,12H,9H2,1-4H3,(H,18,23)/t12-/m0/s1. The van der Waals surface area contributed by atoms with E-state index in [-0.39, 0.29) is 23.6 Å². The Balaban J connectivity index is 2.00. The van der Waals surface area contributed by atoms with Crippen LogP contribution in [0.15, 0.2) is 24.3 Å². The van der Waals surface area contributed by atoms with Crippen molar-refractivity contribution in [3.05, 3.63) is 45.8 Å². The number of ether oxygens (including phenoxy) is 2. The van der Waals surface area contributed by atoms with Gasteiger partial charge in [-0.05, 0) is 32.9 Å². The van der Waals surface area contributed by atoms with Gasteiger partial charge in [0.05, 0.1) is 17.7 Å². The first kappa shape index (κ1) is 19.9. The SMILES string of the molecule is COc1ccccc1NC(=O)[C@H](C)OC(=O)Cn1nc(C)c([N+](=O)[O-])c1C. The number of carbonyl (C=O) groups is 2. The first-order valence-electron chi connectivity index (χ1n) is 8.06. The van der Waals surface area contributed by atoms with Gasteiger partial charge in [-0.2, -0.15) is 5.10 Å². The molecule has 10 nitrogen and oxygen atoms in total. The van der Waals surface area contributed by atoms with Crippen LogP contribution in [0.5, 0.6) is 5.75 Å². The van der Waals surface area contributed by atoms with Crippen molar-refractivity contribution in [2.75, 3.05) is 12.4 Å². The first-order valence-corrected chi connectivity index (χ1v) is 8.06. The molecule has 144 valence electrons. The number of carbonyl (C=O) groups excluding carboxylic acids is 2. The molecule has 2 aromatic rings. The van der Waals surface area contributed by atoms with Gasteiger partial charge >= 0.3 is 11.7 Å². The second-order valence-electron chi connectivity index (χ2n) is 5.76. The van der Waals surface area contributed by atoms with Crippen molar-refractivity contribution in [1.82, 2.24) is 9.78 Å². The average molecular weight is 376 g/mol. The number of esters is 1. The van der Waals surface area contributed by atoms with Gasteiger partial charge in [0, 0.05) is 0 Å². The maximum absolute atomic E-state index is 12.2. The Hall–Kier alpha value is -3.43. The second-order valence-corrected chi connectivity index (χ2v) is 5.76. The monoisotopic (exact) mass is 376 g/mol. The third-order valence-corrected chi connectivity index (χ3v) is 3.85. The van der Waals surface area contributed by atoms with Crippen LogP contribution in [0.3, 0.4) is 0 Å². The van der Waals surface area contributed by atoms with E-state index in [1.165, 1.54) is 32.6 Å². The number of nitrogens with zero attached hydrogens (tertiary/aromatic N) is 3. The molecule has 0 spiro atoms. The van der Waals surface area contributed by atoms with Crippen molar-refractivity contribution in [1.29, 1.82) is 0 Å². The highest BCUT2D eigenvalue weighted by Crippen LogP contribution is 2.23. The number of nitro groups is 1. The zero-order chi connectivity index (χ0) is 20.1. The summed E-state index contributed by atoms with van der Waals surface area (Å²) < 4.78 is 11.4. The molecule has 0 saturated heterocycles. The molecule has 10 heteroatoms. The molecule has 1 aromatic carbocycles. The van der Waals surface area contributed by atoms with Crippen molar-refractivity contribution in [2.24, 2.45) is 0 Å². The molecule has 0 saturated carbocycles. The van der Waals surface area contributed by atoms with Gasteiger partial charge in [0.2, 0.25) is 0 Å². The third kappa shape index (κ3) is 4.60. The highest BCUT2D eigenvalue weighted by molar-refractivity contribution is 5.96. The summed E-state index contributed by atoms with van der Waals surface area (Å²) in [5.74, 6) is -0.801. The summed E-state index contributed by atoms with van der Waals surface area (Å²) >= 11 is 0. The molecule has 0 aliphatic carbocycles. The van der Waals surface area contributed by atoms with Gasteiger partial charge in [-0.1, -0.05) is 12.1 Å². The van der Waals surface area contributed by atoms with Crippen molar-refractivity contribution >= 4 is 23.3 Å². The van der Waals surface area contributed by atoms with Crippen LogP contribution in [0.25, 0.3) is 0 Å². The maximum atomic E-state index is 12.2. The Kier molecular flexibility index (Phi) is 6.11. The molecule has 0 aliphatic rings. The Morgan fingerprint density at radius 3 is 2.59 bits per heavy atom. The van der Waals surface area contributed by atoms with E-state index in [0.29, 0.717) is 11.4 Å². The van der Waals surface area contributed by atoms with E-state index in [4.69, 9.17) is 9.47 Å². The van der Waals surface area contributed by atoms with Crippen LogP contribution in [0.1, 0.15) is 18.3 Å². The van der Waals surface area contributed by atoms with E-state index in [0.717, 1.165) is 0 Å². The summed E-state index contributed by atoms with van der Waals surface area (Å²) in [5, 5.41) is 17.6. The zero-order valence-corrected chi connectivity index (χ0v) is 15.4. The quantitative estimate of drug-likeness (QED) is 0.445. The number of amides is 1. The van der Waals surface area contributed by atoms with Crippen LogP contribution < -0.4 is 10.1 Å². The molecule has 1 aromatic heterocycles. The highest BCUT2D eigenvalue weighted by atomic mass is 16.6. The van der Waals surface area contributed by atoms with E-state index in [2.05, 4.69) is 10.4 Å². The lowest BCUT2D eigenvalue weighted by Gasteiger charge is -2.15. The fourth-order valence-corrected chi connectivity index (χ4v) is 2.50. The molecule has 1 heterocycles. The normalized spacial score (nSPS) is 11.6. The smallest absolute Gasteiger partial charge is 0.328 e. The van der Waals surface area contributed by atoms with Crippen LogP contribution in [0.4, 0.5) is 11.4 Å². The predicted octanol–water partition coefficient (Wildman–Crippen LogP) is 1.99. The molecule has 1 atom stereocenters.